The van der Waals surface area contributed by atoms with Gasteiger partial charge in [-0.05, 0) is 29.8 Å². The summed E-state index contributed by atoms with van der Waals surface area (Å²) in [5.74, 6) is -1.97. The number of Topliss-reactive ketones (excluding diaryl/α,β-unsaturated/α-hetero) is 1. The molecule has 0 spiro atoms. The topological polar surface area (TPSA) is 55.4 Å². The number of amides is 1. The van der Waals surface area contributed by atoms with Crippen molar-refractivity contribution in [3.05, 3.63) is 70.9 Å². The summed E-state index contributed by atoms with van der Waals surface area (Å²) in [5.41, 5.74) is -1.80. The van der Waals surface area contributed by atoms with E-state index in [2.05, 4.69) is 5.32 Å². The summed E-state index contributed by atoms with van der Waals surface area (Å²) < 4.78 is 34.0. The minimum absolute atomic E-state index is 0.108. The van der Waals surface area contributed by atoms with Gasteiger partial charge in [0.15, 0.2) is 0 Å². The third-order valence-electron chi connectivity index (χ3n) is 4.51. The molecule has 27 heavy (non-hydrogen) atoms. The van der Waals surface area contributed by atoms with Crippen LogP contribution in [0.4, 0.5) is 13.8 Å². The number of methoxy groups -OCH3 is 1. The number of hydrogen-bond acceptors (Lipinski definition) is 4. The molecule has 1 N–H and O–H groups in total. The Labute approximate surface area is 157 Å². The fourth-order valence-corrected chi connectivity index (χ4v) is 4.03. The summed E-state index contributed by atoms with van der Waals surface area (Å²) in [6, 6.07) is 11.2. The van der Waals surface area contributed by atoms with Crippen LogP contribution < -0.4 is 10.1 Å². The van der Waals surface area contributed by atoms with Gasteiger partial charge >= 0.3 is 0 Å². The van der Waals surface area contributed by atoms with Crippen molar-refractivity contribution in [2.24, 2.45) is 0 Å². The summed E-state index contributed by atoms with van der Waals surface area (Å²) in [4.78, 5) is 25.5. The van der Waals surface area contributed by atoms with Crippen LogP contribution in [0.3, 0.4) is 0 Å². The first-order valence-electron chi connectivity index (χ1n) is 8.02. The Hall–Kier alpha value is -3.06. The van der Waals surface area contributed by atoms with Crippen molar-refractivity contribution >= 4 is 28.0 Å². The van der Waals surface area contributed by atoms with Gasteiger partial charge in [0.2, 0.25) is 5.78 Å². The number of hydrogen-bond donors (Lipinski definition) is 1. The Bertz CT molecular complexity index is 1040. The maximum atomic E-state index is 15.7. The van der Waals surface area contributed by atoms with Crippen molar-refractivity contribution in [1.29, 1.82) is 0 Å². The first-order chi connectivity index (χ1) is 12.9. The number of carbonyl (C=O) groups is 2. The van der Waals surface area contributed by atoms with Crippen molar-refractivity contribution in [3.63, 3.8) is 0 Å². The second kappa shape index (κ2) is 6.28. The summed E-state index contributed by atoms with van der Waals surface area (Å²) in [7, 11) is 1.54. The third-order valence-corrected chi connectivity index (χ3v) is 5.41. The number of benzene rings is 2. The van der Waals surface area contributed by atoms with Gasteiger partial charge in [-0.25, -0.2) is 8.78 Å². The molecule has 0 aliphatic carbocycles. The van der Waals surface area contributed by atoms with Gasteiger partial charge < -0.3 is 10.1 Å². The van der Waals surface area contributed by atoms with E-state index in [1.54, 1.807) is 36.8 Å². The van der Waals surface area contributed by atoms with Gasteiger partial charge in [0, 0.05) is 16.5 Å². The molecule has 1 aromatic heterocycles. The number of ether oxygens (including phenoxy) is 1. The predicted molar refractivity (Wildman–Crippen MR) is 98.5 cm³/mol. The molecule has 1 atom stereocenters. The van der Waals surface area contributed by atoms with Crippen molar-refractivity contribution in [1.82, 2.24) is 0 Å². The molecular weight excluding hydrogens is 372 g/mol. The fourth-order valence-electron chi connectivity index (χ4n) is 3.06. The Balaban J connectivity index is 1.83. The van der Waals surface area contributed by atoms with Crippen LogP contribution in [0.15, 0.2) is 53.9 Å². The average molecular weight is 385 g/mol. The number of nitrogens with one attached hydrogen (secondary N) is 1. The third kappa shape index (κ3) is 2.62. The Morgan fingerprint density at radius 2 is 1.70 bits per heavy atom. The second-order valence-electron chi connectivity index (χ2n) is 6.03. The first kappa shape index (κ1) is 17.4. The van der Waals surface area contributed by atoms with Crippen LogP contribution in [0, 0.1) is 5.82 Å². The Kier molecular flexibility index (Phi) is 4.04. The van der Waals surface area contributed by atoms with Crippen molar-refractivity contribution in [2.45, 2.75) is 5.67 Å². The van der Waals surface area contributed by atoms with E-state index in [0.717, 1.165) is 35.6 Å². The van der Waals surface area contributed by atoms with E-state index in [-0.39, 0.29) is 11.1 Å². The smallest absolute Gasteiger partial charge is 0.275 e. The Morgan fingerprint density at radius 1 is 1.04 bits per heavy atom. The van der Waals surface area contributed by atoms with E-state index >= 15 is 4.39 Å². The molecule has 0 saturated heterocycles. The van der Waals surface area contributed by atoms with Crippen molar-refractivity contribution in [3.8, 4) is 16.9 Å². The van der Waals surface area contributed by atoms with Gasteiger partial charge in [-0.3, -0.25) is 9.59 Å². The van der Waals surface area contributed by atoms with Crippen LogP contribution in [0.1, 0.15) is 15.9 Å². The number of rotatable bonds is 3. The summed E-state index contributed by atoms with van der Waals surface area (Å²) >= 11 is 1.15. The molecule has 3 aromatic rings. The maximum absolute atomic E-state index is 15.7. The highest BCUT2D eigenvalue weighted by Crippen LogP contribution is 2.45. The molecule has 1 aliphatic rings. The highest BCUT2D eigenvalue weighted by Gasteiger charge is 2.53. The van der Waals surface area contributed by atoms with E-state index in [1.165, 1.54) is 0 Å². The zero-order valence-corrected chi connectivity index (χ0v) is 14.9. The van der Waals surface area contributed by atoms with E-state index < -0.39 is 23.2 Å². The summed E-state index contributed by atoms with van der Waals surface area (Å²) in [6.45, 7) is 0. The minimum atomic E-state index is -2.91. The number of halogens is 2. The van der Waals surface area contributed by atoms with Gasteiger partial charge in [-0.1, -0.05) is 24.3 Å². The molecule has 0 saturated carbocycles. The van der Waals surface area contributed by atoms with Crippen LogP contribution in [-0.2, 0) is 10.5 Å². The molecule has 0 fully saturated rings. The van der Waals surface area contributed by atoms with Crippen molar-refractivity contribution < 1.29 is 23.1 Å². The first-order valence-corrected chi connectivity index (χ1v) is 8.90. The molecule has 4 nitrogen and oxygen atoms in total. The molecule has 2 aromatic carbocycles. The van der Waals surface area contributed by atoms with E-state index in [4.69, 9.17) is 4.74 Å². The average Bonchev–Trinajstić information content (AvgIpc) is 3.10. The van der Waals surface area contributed by atoms with Gasteiger partial charge in [0.1, 0.15) is 16.6 Å². The minimum Gasteiger partial charge on any atom is -0.497 e. The van der Waals surface area contributed by atoms with Gasteiger partial charge in [0.05, 0.1) is 12.7 Å². The van der Waals surface area contributed by atoms with E-state index in [9.17, 15) is 14.0 Å². The van der Waals surface area contributed by atoms with Crippen LogP contribution in [-0.4, -0.2) is 18.8 Å². The molecule has 136 valence electrons. The number of ketones is 1. The number of carbonyl (C=O) groups excluding carboxylic acids is 2. The standard InChI is InChI=1S/C20H13F2NO3S/c1-26-14-8-2-11(3-9-14)15-10-27-18-16(15)17(24)20(22,19(25)23-18)12-4-6-13(21)7-5-12/h2-10H,1H3,(H,23,25). The second-order valence-corrected chi connectivity index (χ2v) is 6.91. The molecule has 2 heterocycles. The maximum Gasteiger partial charge on any atom is 0.275 e. The zero-order chi connectivity index (χ0) is 19.2. The molecule has 1 unspecified atom stereocenters. The number of alkyl halides is 1. The normalized spacial score (nSPS) is 18.8. The highest BCUT2D eigenvalue weighted by molar-refractivity contribution is 7.15. The summed E-state index contributed by atoms with van der Waals surface area (Å²) in [5, 5.41) is 4.46. The van der Waals surface area contributed by atoms with Crippen LogP contribution in [0.25, 0.3) is 11.1 Å². The molecule has 1 aliphatic heterocycles. The predicted octanol–water partition coefficient (Wildman–Crippen LogP) is 4.56. The largest absolute Gasteiger partial charge is 0.497 e. The molecule has 4 rings (SSSR count). The molecule has 0 radical (unpaired) electrons. The zero-order valence-electron chi connectivity index (χ0n) is 14.1. The van der Waals surface area contributed by atoms with Crippen LogP contribution >= 0.6 is 11.3 Å². The monoisotopic (exact) mass is 385 g/mol. The van der Waals surface area contributed by atoms with E-state index in [0.29, 0.717) is 21.9 Å². The van der Waals surface area contributed by atoms with Gasteiger partial charge in [0.25, 0.3) is 11.6 Å². The fraction of sp³-hybridized carbons (Fsp3) is 0.100. The molecule has 0 bridgehead atoms. The van der Waals surface area contributed by atoms with E-state index in [1.807, 2.05) is 0 Å². The van der Waals surface area contributed by atoms with Gasteiger partial charge in [-0.2, -0.15) is 0 Å². The number of anilines is 1. The van der Waals surface area contributed by atoms with Gasteiger partial charge in [-0.15, -0.1) is 11.3 Å². The summed E-state index contributed by atoms with van der Waals surface area (Å²) in [6.07, 6.45) is 0. The Morgan fingerprint density at radius 3 is 2.33 bits per heavy atom. The quantitative estimate of drug-likeness (QED) is 0.673. The number of fused-ring (bicyclic) bond motifs is 1. The lowest BCUT2D eigenvalue weighted by molar-refractivity contribution is -0.125. The highest BCUT2D eigenvalue weighted by atomic mass is 32.1. The molecule has 7 heteroatoms. The van der Waals surface area contributed by atoms with Crippen LogP contribution in [0.5, 0.6) is 5.75 Å². The molecule has 1 amide bonds. The molecular formula is C20H13F2NO3S. The SMILES string of the molecule is COc1ccc(-c2csc3c2C(=O)C(F)(c2ccc(F)cc2)C(=O)N3)cc1. The lowest BCUT2D eigenvalue weighted by atomic mass is 9.83. The van der Waals surface area contributed by atoms with Crippen molar-refractivity contribution in [2.75, 3.05) is 12.4 Å². The number of thiophene rings is 1. The lowest BCUT2D eigenvalue weighted by Gasteiger charge is -2.28. The lowest BCUT2D eigenvalue weighted by Crippen LogP contribution is -2.47. The van der Waals surface area contributed by atoms with Crippen LogP contribution in [0.2, 0.25) is 0 Å².